The van der Waals surface area contributed by atoms with Gasteiger partial charge >= 0.3 is 0 Å². The number of halogens is 1. The Morgan fingerprint density at radius 1 is 1.58 bits per heavy atom. The highest BCUT2D eigenvalue weighted by atomic mass is 79.9. The summed E-state index contributed by atoms with van der Waals surface area (Å²) in [7, 11) is 0. The van der Waals surface area contributed by atoms with Crippen LogP contribution in [0.4, 0.5) is 0 Å². The highest BCUT2D eigenvalue weighted by molar-refractivity contribution is 9.10. The lowest BCUT2D eigenvalue weighted by molar-refractivity contribution is 0.0944. The van der Waals surface area contributed by atoms with E-state index in [1.165, 1.54) is 0 Å². The Kier molecular flexibility index (Phi) is 5.21. The van der Waals surface area contributed by atoms with Crippen molar-refractivity contribution < 1.29 is 14.6 Å². The Morgan fingerprint density at radius 2 is 2.42 bits per heavy atom. The standard InChI is InChI=1S/C14H20BrNO3/c1-14(5-6-18-10-14)16-8-12(17)9-19-13-4-2-3-11(15)7-13/h2-4,7,12,16-17H,5-6,8-10H2,1H3. The summed E-state index contributed by atoms with van der Waals surface area (Å²) in [5.74, 6) is 0.754. The van der Waals surface area contributed by atoms with Crippen molar-refractivity contribution in [1.82, 2.24) is 5.32 Å². The number of hydrogen-bond acceptors (Lipinski definition) is 4. The third-order valence-electron chi connectivity index (χ3n) is 3.22. The van der Waals surface area contributed by atoms with E-state index in [1.807, 2.05) is 24.3 Å². The van der Waals surface area contributed by atoms with Crippen LogP contribution in [0, 0.1) is 0 Å². The summed E-state index contributed by atoms with van der Waals surface area (Å²) in [6.45, 7) is 4.39. The van der Waals surface area contributed by atoms with Crippen molar-refractivity contribution in [2.24, 2.45) is 0 Å². The van der Waals surface area contributed by atoms with Crippen molar-refractivity contribution in [3.63, 3.8) is 0 Å². The van der Waals surface area contributed by atoms with Gasteiger partial charge in [-0.1, -0.05) is 22.0 Å². The van der Waals surface area contributed by atoms with Gasteiger partial charge in [-0.2, -0.15) is 0 Å². The molecule has 106 valence electrons. The predicted octanol–water partition coefficient (Wildman–Crippen LogP) is 1.96. The number of β-amino-alcohol motifs (C(OH)–C–C–N with tert-alkyl or cyclic N) is 1. The molecule has 2 unspecified atom stereocenters. The summed E-state index contributed by atoms with van der Waals surface area (Å²) in [5, 5.41) is 13.3. The van der Waals surface area contributed by atoms with E-state index < -0.39 is 6.10 Å². The molecule has 4 nitrogen and oxygen atoms in total. The molecule has 0 amide bonds. The van der Waals surface area contributed by atoms with Crippen LogP contribution in [-0.4, -0.2) is 43.1 Å². The molecule has 1 aromatic carbocycles. The molecule has 2 atom stereocenters. The monoisotopic (exact) mass is 329 g/mol. The second kappa shape index (κ2) is 6.70. The first-order valence-electron chi connectivity index (χ1n) is 6.47. The highest BCUT2D eigenvalue weighted by Crippen LogP contribution is 2.19. The Labute approximate surface area is 122 Å². The first-order chi connectivity index (χ1) is 9.07. The zero-order valence-electron chi connectivity index (χ0n) is 11.1. The molecule has 1 aromatic rings. The van der Waals surface area contributed by atoms with Crippen molar-refractivity contribution >= 4 is 15.9 Å². The van der Waals surface area contributed by atoms with E-state index in [9.17, 15) is 5.11 Å². The van der Waals surface area contributed by atoms with Crippen LogP contribution >= 0.6 is 15.9 Å². The minimum atomic E-state index is -0.531. The van der Waals surface area contributed by atoms with Crippen LogP contribution in [0.25, 0.3) is 0 Å². The molecule has 1 fully saturated rings. The van der Waals surface area contributed by atoms with Crippen LogP contribution in [0.3, 0.4) is 0 Å². The number of benzene rings is 1. The Balaban J connectivity index is 1.71. The van der Waals surface area contributed by atoms with Gasteiger partial charge < -0.3 is 19.9 Å². The second-order valence-corrected chi connectivity index (χ2v) is 6.08. The molecule has 0 aromatic heterocycles. The summed E-state index contributed by atoms with van der Waals surface area (Å²) < 4.78 is 11.9. The highest BCUT2D eigenvalue weighted by Gasteiger charge is 2.29. The fourth-order valence-electron chi connectivity index (χ4n) is 1.98. The minimum absolute atomic E-state index is 0.0171. The van der Waals surface area contributed by atoms with E-state index in [-0.39, 0.29) is 12.1 Å². The fraction of sp³-hybridized carbons (Fsp3) is 0.571. The van der Waals surface area contributed by atoms with Gasteiger partial charge in [0.05, 0.1) is 6.61 Å². The lowest BCUT2D eigenvalue weighted by atomic mass is 10.0. The summed E-state index contributed by atoms with van der Waals surface area (Å²) in [6.07, 6.45) is 0.447. The molecule has 2 N–H and O–H groups in total. The van der Waals surface area contributed by atoms with Crippen LogP contribution < -0.4 is 10.1 Å². The zero-order valence-corrected chi connectivity index (χ0v) is 12.6. The fourth-order valence-corrected chi connectivity index (χ4v) is 2.36. The number of ether oxygens (including phenoxy) is 2. The molecule has 0 bridgehead atoms. The van der Waals surface area contributed by atoms with Gasteiger partial charge in [-0.05, 0) is 31.5 Å². The van der Waals surface area contributed by atoms with E-state index in [1.54, 1.807) is 0 Å². The van der Waals surface area contributed by atoms with E-state index in [0.717, 1.165) is 23.2 Å². The van der Waals surface area contributed by atoms with E-state index >= 15 is 0 Å². The molecule has 0 aliphatic carbocycles. The van der Waals surface area contributed by atoms with Crippen molar-refractivity contribution in [2.45, 2.75) is 25.0 Å². The number of aliphatic hydroxyl groups is 1. The number of rotatable bonds is 6. The molecular weight excluding hydrogens is 310 g/mol. The van der Waals surface area contributed by atoms with Crippen molar-refractivity contribution in [2.75, 3.05) is 26.4 Å². The first kappa shape index (κ1) is 14.8. The normalized spacial score (nSPS) is 24.4. The Morgan fingerprint density at radius 3 is 3.11 bits per heavy atom. The van der Waals surface area contributed by atoms with Gasteiger partial charge in [0.2, 0.25) is 0 Å². The van der Waals surface area contributed by atoms with Gasteiger partial charge in [0.25, 0.3) is 0 Å². The van der Waals surface area contributed by atoms with Gasteiger partial charge in [0, 0.05) is 23.2 Å². The molecule has 5 heteroatoms. The molecule has 0 saturated carbocycles. The molecule has 19 heavy (non-hydrogen) atoms. The minimum Gasteiger partial charge on any atom is -0.491 e. The topological polar surface area (TPSA) is 50.7 Å². The SMILES string of the molecule is CC1(NCC(O)COc2cccc(Br)c2)CCOC1. The zero-order chi connectivity index (χ0) is 13.7. The molecule has 1 heterocycles. The third-order valence-corrected chi connectivity index (χ3v) is 3.71. The van der Waals surface area contributed by atoms with Crippen LogP contribution in [0.2, 0.25) is 0 Å². The molecule has 1 aliphatic heterocycles. The van der Waals surface area contributed by atoms with Gasteiger partial charge in [-0.3, -0.25) is 0 Å². The third kappa shape index (κ3) is 4.76. The maximum Gasteiger partial charge on any atom is 0.120 e. The van der Waals surface area contributed by atoms with E-state index in [2.05, 4.69) is 28.2 Å². The van der Waals surface area contributed by atoms with Gasteiger partial charge in [0.1, 0.15) is 18.5 Å². The molecule has 1 saturated heterocycles. The smallest absolute Gasteiger partial charge is 0.120 e. The summed E-state index contributed by atoms with van der Waals surface area (Å²) in [5.41, 5.74) is -0.0171. The lowest BCUT2D eigenvalue weighted by Crippen LogP contribution is -2.47. The second-order valence-electron chi connectivity index (χ2n) is 5.17. The number of aliphatic hydroxyl groups excluding tert-OH is 1. The maximum absolute atomic E-state index is 9.91. The number of hydrogen-bond donors (Lipinski definition) is 2. The molecular formula is C14H20BrNO3. The Bertz CT molecular complexity index is 407. The Hall–Kier alpha value is -0.620. The van der Waals surface area contributed by atoms with Crippen LogP contribution in [0.5, 0.6) is 5.75 Å². The lowest BCUT2D eigenvalue weighted by Gasteiger charge is -2.25. The predicted molar refractivity (Wildman–Crippen MR) is 77.5 cm³/mol. The largest absolute Gasteiger partial charge is 0.491 e. The van der Waals surface area contributed by atoms with E-state index in [0.29, 0.717) is 13.2 Å². The van der Waals surface area contributed by atoms with Crippen molar-refractivity contribution in [3.8, 4) is 5.75 Å². The average Bonchev–Trinajstić information content (AvgIpc) is 2.82. The number of nitrogens with one attached hydrogen (secondary N) is 1. The van der Waals surface area contributed by atoms with Crippen LogP contribution in [0.1, 0.15) is 13.3 Å². The summed E-state index contributed by atoms with van der Waals surface area (Å²) >= 11 is 3.38. The molecule has 0 radical (unpaired) electrons. The van der Waals surface area contributed by atoms with Crippen molar-refractivity contribution in [1.29, 1.82) is 0 Å². The molecule has 2 rings (SSSR count). The van der Waals surface area contributed by atoms with E-state index in [4.69, 9.17) is 9.47 Å². The van der Waals surface area contributed by atoms with Gasteiger partial charge in [-0.25, -0.2) is 0 Å². The van der Waals surface area contributed by atoms with Crippen molar-refractivity contribution in [3.05, 3.63) is 28.7 Å². The summed E-state index contributed by atoms with van der Waals surface area (Å²) in [4.78, 5) is 0. The van der Waals surface area contributed by atoms with Gasteiger partial charge in [-0.15, -0.1) is 0 Å². The first-order valence-corrected chi connectivity index (χ1v) is 7.26. The van der Waals surface area contributed by atoms with Crippen LogP contribution in [-0.2, 0) is 4.74 Å². The molecule has 1 aliphatic rings. The van der Waals surface area contributed by atoms with Gasteiger partial charge in [0.15, 0.2) is 0 Å². The molecule has 0 spiro atoms. The van der Waals surface area contributed by atoms with Crippen LogP contribution in [0.15, 0.2) is 28.7 Å². The average molecular weight is 330 g/mol. The maximum atomic E-state index is 9.91. The summed E-state index contributed by atoms with van der Waals surface area (Å²) in [6, 6.07) is 7.59. The quantitative estimate of drug-likeness (QED) is 0.837.